The van der Waals surface area contributed by atoms with Crippen LogP contribution in [0.15, 0.2) is 48.7 Å². The van der Waals surface area contributed by atoms with Crippen LogP contribution in [0.2, 0.25) is 5.02 Å². The first-order valence-electron chi connectivity index (χ1n) is 5.79. The second-order valence-corrected chi connectivity index (χ2v) is 4.42. The van der Waals surface area contributed by atoms with Crippen molar-refractivity contribution in [3.8, 4) is 0 Å². The van der Waals surface area contributed by atoms with E-state index in [0.29, 0.717) is 5.02 Å². The molecule has 2 rings (SSSR count). The molecule has 0 bridgehead atoms. The molecule has 0 saturated carbocycles. The lowest BCUT2D eigenvalue weighted by atomic mass is 10.1. The lowest BCUT2D eigenvalue weighted by Crippen LogP contribution is -2.31. The van der Waals surface area contributed by atoms with E-state index in [0.717, 1.165) is 5.56 Å². The van der Waals surface area contributed by atoms with E-state index >= 15 is 0 Å². The second kappa shape index (κ2) is 6.31. The summed E-state index contributed by atoms with van der Waals surface area (Å²) in [5, 5.41) is 12.5. The molecule has 2 aromatic rings. The number of rotatable bonds is 4. The third-order valence-corrected chi connectivity index (χ3v) is 2.88. The number of carbonyl (C=O) groups is 1. The van der Waals surface area contributed by atoms with Crippen molar-refractivity contribution >= 4 is 17.5 Å². The van der Waals surface area contributed by atoms with E-state index in [-0.39, 0.29) is 18.2 Å². The highest BCUT2D eigenvalue weighted by molar-refractivity contribution is 6.30. The number of carbonyl (C=O) groups excluding carboxylic acids is 1. The Hall–Kier alpha value is -1.91. The quantitative estimate of drug-likeness (QED) is 0.900. The van der Waals surface area contributed by atoms with E-state index in [9.17, 15) is 9.90 Å². The Balaban J connectivity index is 2.13. The lowest BCUT2D eigenvalue weighted by molar-refractivity contribution is 0.0911. The fourth-order valence-electron chi connectivity index (χ4n) is 1.68. The molecule has 0 saturated heterocycles. The van der Waals surface area contributed by atoms with Gasteiger partial charge in [0.1, 0.15) is 5.69 Å². The van der Waals surface area contributed by atoms with Crippen LogP contribution < -0.4 is 5.32 Å². The standard InChI is InChI=1S/C14H13ClN2O2/c15-11-6-7-16-12(8-11)14(19)17-13(9-18)10-4-2-1-3-5-10/h1-8,13,18H,9H2,(H,17,19)/t13-/m0/s1. The van der Waals surface area contributed by atoms with E-state index in [1.54, 1.807) is 6.07 Å². The van der Waals surface area contributed by atoms with Crippen molar-refractivity contribution in [2.75, 3.05) is 6.61 Å². The van der Waals surface area contributed by atoms with Gasteiger partial charge in [-0.05, 0) is 17.7 Å². The van der Waals surface area contributed by atoms with Gasteiger partial charge in [-0.1, -0.05) is 41.9 Å². The van der Waals surface area contributed by atoms with E-state index < -0.39 is 6.04 Å². The number of halogens is 1. The summed E-state index contributed by atoms with van der Waals surface area (Å²) in [6, 6.07) is 11.9. The van der Waals surface area contributed by atoms with Gasteiger partial charge in [0.05, 0.1) is 12.6 Å². The summed E-state index contributed by atoms with van der Waals surface area (Å²) in [6.07, 6.45) is 1.47. The zero-order valence-electron chi connectivity index (χ0n) is 10.1. The maximum Gasteiger partial charge on any atom is 0.270 e. The first-order chi connectivity index (χ1) is 9.20. The molecular formula is C14H13ClN2O2. The van der Waals surface area contributed by atoms with Crippen LogP contribution in [-0.4, -0.2) is 22.6 Å². The van der Waals surface area contributed by atoms with Gasteiger partial charge in [-0.15, -0.1) is 0 Å². The van der Waals surface area contributed by atoms with Crippen LogP contribution in [0.5, 0.6) is 0 Å². The molecule has 19 heavy (non-hydrogen) atoms. The van der Waals surface area contributed by atoms with Crippen LogP contribution in [0.4, 0.5) is 0 Å². The molecule has 4 nitrogen and oxygen atoms in total. The predicted molar refractivity (Wildman–Crippen MR) is 73.0 cm³/mol. The van der Waals surface area contributed by atoms with Crippen molar-refractivity contribution in [2.45, 2.75) is 6.04 Å². The summed E-state index contributed by atoms with van der Waals surface area (Å²) in [5.41, 5.74) is 1.06. The molecule has 0 aliphatic heterocycles. The monoisotopic (exact) mass is 276 g/mol. The Kier molecular flexibility index (Phi) is 4.49. The number of pyridine rings is 1. The molecule has 1 aromatic carbocycles. The van der Waals surface area contributed by atoms with E-state index in [1.165, 1.54) is 12.3 Å². The molecule has 5 heteroatoms. The van der Waals surface area contributed by atoms with Crippen molar-refractivity contribution in [3.63, 3.8) is 0 Å². The molecule has 1 amide bonds. The van der Waals surface area contributed by atoms with Gasteiger partial charge in [-0.25, -0.2) is 0 Å². The van der Waals surface area contributed by atoms with Gasteiger partial charge in [-0.2, -0.15) is 0 Å². The number of nitrogens with zero attached hydrogens (tertiary/aromatic N) is 1. The number of aliphatic hydroxyl groups excluding tert-OH is 1. The Bertz CT molecular complexity index is 560. The molecule has 1 aromatic heterocycles. The molecule has 0 aliphatic rings. The van der Waals surface area contributed by atoms with Gasteiger partial charge >= 0.3 is 0 Å². The van der Waals surface area contributed by atoms with Crippen molar-refractivity contribution in [3.05, 3.63) is 64.9 Å². The minimum atomic E-state index is -0.463. The minimum absolute atomic E-state index is 0.184. The number of aliphatic hydroxyl groups is 1. The summed E-state index contributed by atoms with van der Waals surface area (Å²) < 4.78 is 0. The minimum Gasteiger partial charge on any atom is -0.394 e. The van der Waals surface area contributed by atoms with Gasteiger partial charge in [0.25, 0.3) is 5.91 Å². The Morgan fingerprint density at radius 2 is 2.05 bits per heavy atom. The second-order valence-electron chi connectivity index (χ2n) is 3.98. The highest BCUT2D eigenvalue weighted by Crippen LogP contribution is 2.13. The smallest absolute Gasteiger partial charge is 0.270 e. The molecule has 0 spiro atoms. The van der Waals surface area contributed by atoms with Crippen molar-refractivity contribution < 1.29 is 9.90 Å². The largest absolute Gasteiger partial charge is 0.394 e. The van der Waals surface area contributed by atoms with Crippen LogP contribution in [-0.2, 0) is 0 Å². The summed E-state index contributed by atoms with van der Waals surface area (Å²) in [4.78, 5) is 15.9. The fourth-order valence-corrected chi connectivity index (χ4v) is 1.84. The summed E-state index contributed by atoms with van der Waals surface area (Å²) in [5.74, 6) is -0.370. The van der Waals surface area contributed by atoms with Crippen LogP contribution >= 0.6 is 11.6 Å². The van der Waals surface area contributed by atoms with Crippen LogP contribution in [0.25, 0.3) is 0 Å². The van der Waals surface area contributed by atoms with Crippen LogP contribution in [0, 0.1) is 0 Å². The number of benzene rings is 1. The molecule has 2 N–H and O–H groups in total. The Labute approximate surface area is 116 Å². The summed E-state index contributed by atoms with van der Waals surface area (Å²) in [6.45, 7) is -0.184. The maximum absolute atomic E-state index is 12.0. The number of aromatic nitrogens is 1. The van der Waals surface area contributed by atoms with Crippen molar-refractivity contribution in [1.82, 2.24) is 10.3 Å². The van der Waals surface area contributed by atoms with Gasteiger partial charge < -0.3 is 10.4 Å². The molecule has 0 aliphatic carbocycles. The third-order valence-electron chi connectivity index (χ3n) is 2.64. The Morgan fingerprint density at radius 3 is 2.68 bits per heavy atom. The number of amides is 1. The number of hydrogen-bond acceptors (Lipinski definition) is 3. The molecule has 0 radical (unpaired) electrons. The van der Waals surface area contributed by atoms with E-state index in [4.69, 9.17) is 11.6 Å². The zero-order valence-corrected chi connectivity index (χ0v) is 10.8. The number of hydrogen-bond donors (Lipinski definition) is 2. The van der Waals surface area contributed by atoms with Gasteiger partial charge in [-0.3, -0.25) is 9.78 Å². The molecule has 0 unspecified atom stereocenters. The molecule has 98 valence electrons. The topological polar surface area (TPSA) is 62.2 Å². The molecule has 1 atom stereocenters. The first kappa shape index (κ1) is 13.5. The highest BCUT2D eigenvalue weighted by atomic mass is 35.5. The van der Waals surface area contributed by atoms with Gasteiger partial charge in [0.15, 0.2) is 0 Å². The van der Waals surface area contributed by atoms with E-state index in [1.807, 2.05) is 30.3 Å². The van der Waals surface area contributed by atoms with Gasteiger partial charge in [0, 0.05) is 11.2 Å². The average molecular weight is 277 g/mol. The summed E-state index contributed by atoms with van der Waals surface area (Å²) >= 11 is 5.81. The van der Waals surface area contributed by atoms with Crippen LogP contribution in [0.3, 0.4) is 0 Å². The first-order valence-corrected chi connectivity index (χ1v) is 6.16. The normalized spacial score (nSPS) is 11.9. The third kappa shape index (κ3) is 3.53. The average Bonchev–Trinajstić information content (AvgIpc) is 2.45. The Morgan fingerprint density at radius 1 is 1.32 bits per heavy atom. The SMILES string of the molecule is O=C(N[C@@H](CO)c1ccccc1)c1cc(Cl)ccn1. The lowest BCUT2D eigenvalue weighted by Gasteiger charge is -2.16. The molecular weight excluding hydrogens is 264 g/mol. The molecule has 0 fully saturated rings. The molecule has 1 heterocycles. The highest BCUT2D eigenvalue weighted by Gasteiger charge is 2.15. The zero-order chi connectivity index (χ0) is 13.7. The van der Waals surface area contributed by atoms with Gasteiger partial charge in [0.2, 0.25) is 0 Å². The maximum atomic E-state index is 12.0. The number of nitrogens with one attached hydrogen (secondary N) is 1. The van der Waals surface area contributed by atoms with Crippen molar-refractivity contribution in [1.29, 1.82) is 0 Å². The van der Waals surface area contributed by atoms with Crippen LogP contribution in [0.1, 0.15) is 22.1 Å². The van der Waals surface area contributed by atoms with Crippen molar-refractivity contribution in [2.24, 2.45) is 0 Å². The summed E-state index contributed by atoms with van der Waals surface area (Å²) in [7, 11) is 0. The van der Waals surface area contributed by atoms with E-state index in [2.05, 4.69) is 10.3 Å². The fraction of sp³-hybridized carbons (Fsp3) is 0.143. The predicted octanol–water partition coefficient (Wildman–Crippen LogP) is 2.20.